The minimum Gasteiger partial charge on any atom is -0.395 e. The number of nitrogens with zero attached hydrogens (tertiary/aromatic N) is 1. The van der Waals surface area contributed by atoms with E-state index in [1.54, 1.807) is 6.07 Å². The Morgan fingerprint density at radius 2 is 1.88 bits per heavy atom. The van der Waals surface area contributed by atoms with Crippen LogP contribution in [0, 0.1) is 6.92 Å². The van der Waals surface area contributed by atoms with Crippen molar-refractivity contribution in [3.8, 4) is 0 Å². The van der Waals surface area contributed by atoms with Gasteiger partial charge in [0.25, 0.3) is 0 Å². The SMILES string of the molecule is Cc1c(CNCCO)c2ccccc2n1Cc1ccc(Cl)cc1Cl.Cl. The third-order valence-corrected chi connectivity index (χ3v) is 4.88. The number of hydrogen-bond donors (Lipinski definition) is 2. The van der Waals surface area contributed by atoms with Gasteiger partial charge in [0.2, 0.25) is 0 Å². The van der Waals surface area contributed by atoms with Crippen LogP contribution in [0.5, 0.6) is 0 Å². The molecule has 0 atom stereocenters. The number of aliphatic hydroxyl groups excluding tert-OH is 1. The minimum atomic E-state index is 0. The number of aromatic nitrogens is 1. The summed E-state index contributed by atoms with van der Waals surface area (Å²) in [5, 5.41) is 14.8. The van der Waals surface area contributed by atoms with E-state index in [0.29, 0.717) is 23.1 Å². The van der Waals surface area contributed by atoms with E-state index >= 15 is 0 Å². The summed E-state index contributed by atoms with van der Waals surface area (Å²) in [5.41, 5.74) is 4.68. The highest BCUT2D eigenvalue weighted by Crippen LogP contribution is 2.29. The highest BCUT2D eigenvalue weighted by atomic mass is 35.5. The Morgan fingerprint density at radius 3 is 2.60 bits per heavy atom. The number of rotatable bonds is 6. The summed E-state index contributed by atoms with van der Waals surface area (Å²) >= 11 is 12.4. The first-order chi connectivity index (χ1) is 11.6. The summed E-state index contributed by atoms with van der Waals surface area (Å²) in [6, 6.07) is 14.0. The van der Waals surface area contributed by atoms with Gasteiger partial charge in [0.05, 0.1) is 6.61 Å². The van der Waals surface area contributed by atoms with Gasteiger partial charge in [-0.3, -0.25) is 0 Å². The molecule has 6 heteroatoms. The monoisotopic (exact) mass is 398 g/mol. The average Bonchev–Trinajstić information content (AvgIpc) is 2.83. The number of fused-ring (bicyclic) bond motifs is 1. The van der Waals surface area contributed by atoms with Crippen molar-refractivity contribution in [2.24, 2.45) is 0 Å². The predicted octanol–water partition coefficient (Wildman–Crippen LogP) is 4.81. The molecule has 0 spiro atoms. The van der Waals surface area contributed by atoms with Crippen LogP contribution < -0.4 is 5.32 Å². The zero-order valence-electron chi connectivity index (χ0n) is 13.9. The highest BCUT2D eigenvalue weighted by molar-refractivity contribution is 6.35. The molecule has 3 aromatic rings. The van der Waals surface area contributed by atoms with Crippen molar-refractivity contribution in [3.05, 3.63) is 69.3 Å². The molecule has 0 aliphatic carbocycles. The molecule has 3 nitrogen and oxygen atoms in total. The highest BCUT2D eigenvalue weighted by Gasteiger charge is 2.14. The van der Waals surface area contributed by atoms with Crippen LogP contribution in [0.2, 0.25) is 10.0 Å². The number of para-hydroxylation sites is 1. The Hall–Kier alpha value is -1.23. The first-order valence-electron chi connectivity index (χ1n) is 7.94. The molecule has 134 valence electrons. The maximum absolute atomic E-state index is 8.99. The van der Waals surface area contributed by atoms with Crippen molar-refractivity contribution >= 4 is 46.5 Å². The van der Waals surface area contributed by atoms with Crippen LogP contribution in [-0.2, 0) is 13.1 Å². The molecule has 0 unspecified atom stereocenters. The lowest BCUT2D eigenvalue weighted by Gasteiger charge is -2.11. The standard InChI is InChI=1S/C19H20Cl2N2O.ClH/c1-13-17(11-22-8-9-24)16-4-2-3-5-19(16)23(13)12-14-6-7-15(20)10-18(14)21;/h2-7,10,22,24H,8-9,11-12H2,1H3;1H. The topological polar surface area (TPSA) is 37.2 Å². The van der Waals surface area contributed by atoms with Crippen molar-refractivity contribution in [1.29, 1.82) is 0 Å². The van der Waals surface area contributed by atoms with Crippen LogP contribution in [0.4, 0.5) is 0 Å². The second kappa shape index (κ2) is 8.93. The van der Waals surface area contributed by atoms with Crippen LogP contribution in [0.1, 0.15) is 16.8 Å². The van der Waals surface area contributed by atoms with Gasteiger partial charge < -0.3 is 15.0 Å². The van der Waals surface area contributed by atoms with Gasteiger partial charge >= 0.3 is 0 Å². The zero-order valence-corrected chi connectivity index (χ0v) is 16.3. The van der Waals surface area contributed by atoms with Gasteiger partial charge in [-0.15, -0.1) is 12.4 Å². The third kappa shape index (κ3) is 4.30. The van der Waals surface area contributed by atoms with E-state index in [-0.39, 0.29) is 19.0 Å². The molecule has 25 heavy (non-hydrogen) atoms. The van der Waals surface area contributed by atoms with E-state index < -0.39 is 0 Å². The quantitative estimate of drug-likeness (QED) is 0.584. The molecule has 0 amide bonds. The molecule has 0 saturated heterocycles. The van der Waals surface area contributed by atoms with Crippen molar-refractivity contribution < 1.29 is 5.11 Å². The molecular weight excluding hydrogens is 379 g/mol. The number of aliphatic hydroxyl groups is 1. The number of benzene rings is 2. The van der Waals surface area contributed by atoms with Crippen LogP contribution in [-0.4, -0.2) is 22.8 Å². The fourth-order valence-electron chi connectivity index (χ4n) is 3.04. The molecule has 0 fully saturated rings. The maximum atomic E-state index is 8.99. The molecule has 2 aromatic carbocycles. The molecule has 1 heterocycles. The number of nitrogens with one attached hydrogen (secondary N) is 1. The Labute approximate surface area is 164 Å². The van der Waals surface area contributed by atoms with Crippen LogP contribution >= 0.6 is 35.6 Å². The van der Waals surface area contributed by atoms with E-state index in [4.69, 9.17) is 28.3 Å². The lowest BCUT2D eigenvalue weighted by atomic mass is 10.1. The van der Waals surface area contributed by atoms with Gasteiger partial charge in [-0.1, -0.05) is 47.5 Å². The van der Waals surface area contributed by atoms with Gasteiger partial charge in [-0.05, 0) is 36.2 Å². The second-order valence-corrected chi connectivity index (χ2v) is 6.65. The summed E-state index contributed by atoms with van der Waals surface area (Å²) in [6.07, 6.45) is 0. The summed E-state index contributed by atoms with van der Waals surface area (Å²) in [5.74, 6) is 0. The Kier molecular flexibility index (Phi) is 7.17. The minimum absolute atomic E-state index is 0. The first kappa shape index (κ1) is 20.1. The molecule has 3 rings (SSSR count). The van der Waals surface area contributed by atoms with Gasteiger partial charge in [0.1, 0.15) is 0 Å². The molecule has 2 N–H and O–H groups in total. The maximum Gasteiger partial charge on any atom is 0.0556 e. The lowest BCUT2D eigenvalue weighted by Crippen LogP contribution is -2.18. The molecule has 0 aliphatic heterocycles. The van der Waals surface area contributed by atoms with Crippen molar-refractivity contribution in [1.82, 2.24) is 9.88 Å². The fourth-order valence-corrected chi connectivity index (χ4v) is 3.51. The second-order valence-electron chi connectivity index (χ2n) is 5.80. The zero-order chi connectivity index (χ0) is 17.1. The molecule has 0 radical (unpaired) electrons. The van der Waals surface area contributed by atoms with Crippen LogP contribution in [0.15, 0.2) is 42.5 Å². The average molecular weight is 400 g/mol. The summed E-state index contributed by atoms with van der Waals surface area (Å²) in [6.45, 7) is 4.27. The molecule has 1 aromatic heterocycles. The molecule has 0 aliphatic rings. The number of halogens is 3. The van der Waals surface area contributed by atoms with E-state index in [9.17, 15) is 0 Å². The summed E-state index contributed by atoms with van der Waals surface area (Å²) < 4.78 is 2.28. The van der Waals surface area contributed by atoms with E-state index in [2.05, 4.69) is 35.0 Å². The lowest BCUT2D eigenvalue weighted by molar-refractivity contribution is 0.292. The van der Waals surface area contributed by atoms with E-state index in [1.807, 2.05) is 18.2 Å². The fraction of sp³-hybridized carbons (Fsp3) is 0.263. The predicted molar refractivity (Wildman–Crippen MR) is 108 cm³/mol. The Morgan fingerprint density at radius 1 is 1.12 bits per heavy atom. The van der Waals surface area contributed by atoms with E-state index in [0.717, 1.165) is 12.1 Å². The van der Waals surface area contributed by atoms with Gasteiger partial charge in [-0.2, -0.15) is 0 Å². The van der Waals surface area contributed by atoms with Crippen molar-refractivity contribution in [3.63, 3.8) is 0 Å². The van der Waals surface area contributed by atoms with Crippen molar-refractivity contribution in [2.75, 3.05) is 13.2 Å². The van der Waals surface area contributed by atoms with Gasteiger partial charge in [0, 0.05) is 46.3 Å². The Bertz CT molecular complexity index is 861. The smallest absolute Gasteiger partial charge is 0.0556 e. The first-order valence-corrected chi connectivity index (χ1v) is 8.69. The summed E-state index contributed by atoms with van der Waals surface area (Å²) in [7, 11) is 0. The van der Waals surface area contributed by atoms with Gasteiger partial charge in [-0.25, -0.2) is 0 Å². The molecule has 0 bridgehead atoms. The van der Waals surface area contributed by atoms with E-state index in [1.165, 1.54) is 22.2 Å². The van der Waals surface area contributed by atoms with Crippen molar-refractivity contribution in [2.45, 2.75) is 20.0 Å². The Balaban J connectivity index is 0.00000225. The third-order valence-electron chi connectivity index (χ3n) is 4.30. The normalized spacial score (nSPS) is 10.9. The van der Waals surface area contributed by atoms with Crippen LogP contribution in [0.3, 0.4) is 0 Å². The number of hydrogen-bond acceptors (Lipinski definition) is 2. The largest absolute Gasteiger partial charge is 0.395 e. The molecule has 0 saturated carbocycles. The van der Waals surface area contributed by atoms with Crippen LogP contribution in [0.25, 0.3) is 10.9 Å². The molecular formula is C19H21Cl3N2O. The summed E-state index contributed by atoms with van der Waals surface area (Å²) in [4.78, 5) is 0. The van der Waals surface area contributed by atoms with Gasteiger partial charge in [0.15, 0.2) is 0 Å².